The second-order valence-corrected chi connectivity index (χ2v) is 4.64. The summed E-state index contributed by atoms with van der Waals surface area (Å²) < 4.78 is 0. The van der Waals surface area contributed by atoms with E-state index >= 15 is 0 Å². The fraction of sp³-hybridized carbons (Fsp3) is 0. The van der Waals surface area contributed by atoms with Crippen molar-refractivity contribution in [3.05, 3.63) is 67.3 Å². The van der Waals surface area contributed by atoms with Crippen LogP contribution in [-0.4, -0.2) is 15.0 Å². The number of nitrogens with zero attached hydrogens (tertiary/aromatic N) is 3. The van der Waals surface area contributed by atoms with E-state index in [9.17, 15) is 0 Å². The first kappa shape index (κ1) is 11.1. The first-order valence-corrected chi connectivity index (χ1v) is 6.46. The van der Waals surface area contributed by atoms with E-state index in [0.717, 1.165) is 27.5 Å². The zero-order chi connectivity index (χ0) is 13.4. The molecule has 94 valence electrons. The van der Waals surface area contributed by atoms with Crippen LogP contribution in [-0.2, 0) is 0 Å². The lowest BCUT2D eigenvalue weighted by molar-refractivity contribution is 1.29. The van der Waals surface area contributed by atoms with Crippen molar-refractivity contribution in [3.8, 4) is 11.1 Å². The Labute approximate surface area is 116 Å². The molecule has 0 saturated carbocycles. The Bertz CT molecular complexity index is 828. The lowest BCUT2D eigenvalue weighted by Gasteiger charge is -2.08. The Morgan fingerprint density at radius 2 is 1.60 bits per heavy atom. The van der Waals surface area contributed by atoms with Gasteiger partial charge in [-0.2, -0.15) is 0 Å². The van der Waals surface area contributed by atoms with Crippen molar-refractivity contribution < 1.29 is 0 Å². The van der Waals surface area contributed by atoms with Gasteiger partial charge in [0.25, 0.3) is 0 Å². The van der Waals surface area contributed by atoms with Crippen LogP contribution in [0.3, 0.4) is 0 Å². The molecule has 4 aromatic rings. The molecule has 0 fully saturated rings. The van der Waals surface area contributed by atoms with E-state index in [-0.39, 0.29) is 0 Å². The van der Waals surface area contributed by atoms with Crippen LogP contribution in [0.2, 0.25) is 0 Å². The monoisotopic (exact) mass is 257 g/mol. The quantitative estimate of drug-likeness (QED) is 0.520. The molecule has 3 heteroatoms. The summed E-state index contributed by atoms with van der Waals surface area (Å²) in [6.45, 7) is 0. The van der Waals surface area contributed by atoms with Gasteiger partial charge in [-0.1, -0.05) is 36.4 Å². The summed E-state index contributed by atoms with van der Waals surface area (Å²) in [5.74, 6) is 0. The Balaban J connectivity index is 2.12. The molecule has 0 saturated heterocycles. The molecule has 0 radical (unpaired) electrons. The molecule has 0 bridgehead atoms. The minimum Gasteiger partial charge on any atom is -0.263 e. The Morgan fingerprint density at radius 3 is 2.60 bits per heavy atom. The predicted molar refractivity (Wildman–Crippen MR) is 80.3 cm³/mol. The average molecular weight is 257 g/mol. The highest BCUT2D eigenvalue weighted by molar-refractivity contribution is 6.02. The van der Waals surface area contributed by atoms with Crippen LogP contribution in [0.15, 0.2) is 67.3 Å². The van der Waals surface area contributed by atoms with Crippen LogP contribution in [0, 0.1) is 0 Å². The number of benzene rings is 2. The normalized spacial score (nSPS) is 11.0. The Kier molecular flexibility index (Phi) is 2.42. The van der Waals surface area contributed by atoms with Crippen LogP contribution >= 0.6 is 0 Å². The highest BCUT2D eigenvalue weighted by Gasteiger charge is 2.08. The van der Waals surface area contributed by atoms with E-state index < -0.39 is 0 Å². The van der Waals surface area contributed by atoms with E-state index in [1.807, 2.05) is 36.7 Å². The van der Waals surface area contributed by atoms with Crippen molar-refractivity contribution in [1.82, 2.24) is 15.0 Å². The van der Waals surface area contributed by atoms with Crippen molar-refractivity contribution >= 4 is 21.8 Å². The molecule has 0 aliphatic heterocycles. The van der Waals surface area contributed by atoms with E-state index in [1.54, 1.807) is 12.4 Å². The van der Waals surface area contributed by atoms with Crippen molar-refractivity contribution in [2.45, 2.75) is 0 Å². The molecule has 2 aromatic heterocycles. The number of aromatic nitrogens is 3. The minimum absolute atomic E-state index is 0.901. The molecule has 20 heavy (non-hydrogen) atoms. The second kappa shape index (κ2) is 4.38. The lowest BCUT2D eigenvalue weighted by atomic mass is 10.00. The van der Waals surface area contributed by atoms with Gasteiger partial charge in [0.2, 0.25) is 0 Å². The van der Waals surface area contributed by atoms with Crippen molar-refractivity contribution in [2.24, 2.45) is 0 Å². The van der Waals surface area contributed by atoms with Gasteiger partial charge in [-0.15, -0.1) is 0 Å². The van der Waals surface area contributed by atoms with Gasteiger partial charge in [0, 0.05) is 41.3 Å². The van der Waals surface area contributed by atoms with Gasteiger partial charge in [-0.05, 0) is 11.5 Å². The van der Waals surface area contributed by atoms with Crippen molar-refractivity contribution in [1.29, 1.82) is 0 Å². The topological polar surface area (TPSA) is 38.7 Å². The third-order valence-corrected chi connectivity index (χ3v) is 3.46. The van der Waals surface area contributed by atoms with Crippen molar-refractivity contribution in [3.63, 3.8) is 0 Å². The molecular formula is C17H11N3. The van der Waals surface area contributed by atoms with E-state index in [4.69, 9.17) is 0 Å². The molecule has 0 aliphatic carbocycles. The van der Waals surface area contributed by atoms with Crippen LogP contribution in [0.5, 0.6) is 0 Å². The second-order valence-electron chi connectivity index (χ2n) is 4.64. The molecule has 4 rings (SSSR count). The summed E-state index contributed by atoms with van der Waals surface area (Å²) in [6, 6.07) is 14.3. The number of hydrogen-bond acceptors (Lipinski definition) is 3. The highest BCUT2D eigenvalue weighted by atomic mass is 14.8. The van der Waals surface area contributed by atoms with Crippen LogP contribution in [0.1, 0.15) is 0 Å². The molecule has 0 unspecified atom stereocenters. The first-order valence-electron chi connectivity index (χ1n) is 6.46. The molecule has 2 heterocycles. The fourth-order valence-electron chi connectivity index (χ4n) is 2.54. The Hall–Kier alpha value is -2.81. The van der Waals surface area contributed by atoms with Gasteiger partial charge >= 0.3 is 0 Å². The lowest BCUT2D eigenvalue weighted by Crippen LogP contribution is -1.89. The molecule has 0 N–H and O–H groups in total. The Morgan fingerprint density at radius 1 is 0.700 bits per heavy atom. The van der Waals surface area contributed by atoms with E-state index in [1.165, 1.54) is 5.39 Å². The van der Waals surface area contributed by atoms with Gasteiger partial charge in [0.05, 0.1) is 11.0 Å². The summed E-state index contributed by atoms with van der Waals surface area (Å²) >= 11 is 0. The van der Waals surface area contributed by atoms with Gasteiger partial charge in [0.15, 0.2) is 0 Å². The number of pyridine rings is 1. The maximum absolute atomic E-state index is 4.47. The minimum atomic E-state index is 0.901. The molecule has 3 nitrogen and oxygen atoms in total. The molecule has 0 aliphatic rings. The number of hydrogen-bond donors (Lipinski definition) is 0. The van der Waals surface area contributed by atoms with Crippen LogP contribution in [0.4, 0.5) is 0 Å². The molecular weight excluding hydrogens is 246 g/mol. The third-order valence-electron chi connectivity index (χ3n) is 3.46. The SMILES string of the molecule is c1ccc2c(-c3cccc4nccnc34)cncc2c1. The number of para-hydroxylation sites is 1. The van der Waals surface area contributed by atoms with Gasteiger partial charge in [-0.3, -0.25) is 15.0 Å². The van der Waals surface area contributed by atoms with E-state index in [0.29, 0.717) is 0 Å². The van der Waals surface area contributed by atoms with Gasteiger partial charge < -0.3 is 0 Å². The van der Waals surface area contributed by atoms with E-state index in [2.05, 4.69) is 33.2 Å². The molecule has 2 aromatic carbocycles. The maximum atomic E-state index is 4.47. The predicted octanol–water partition coefficient (Wildman–Crippen LogP) is 3.85. The fourth-order valence-corrected chi connectivity index (χ4v) is 2.54. The van der Waals surface area contributed by atoms with Crippen molar-refractivity contribution in [2.75, 3.05) is 0 Å². The molecule has 0 amide bonds. The van der Waals surface area contributed by atoms with Gasteiger partial charge in [0.1, 0.15) is 0 Å². The standard InChI is InChI=1S/C17H11N3/c1-2-5-13-12(4-1)10-18-11-15(13)14-6-3-7-16-17(14)20-9-8-19-16/h1-11H. The number of rotatable bonds is 1. The largest absolute Gasteiger partial charge is 0.263 e. The highest BCUT2D eigenvalue weighted by Crippen LogP contribution is 2.31. The number of fused-ring (bicyclic) bond motifs is 2. The summed E-state index contributed by atoms with van der Waals surface area (Å²) in [6.07, 6.45) is 7.22. The van der Waals surface area contributed by atoms with Gasteiger partial charge in [-0.25, -0.2) is 0 Å². The maximum Gasteiger partial charge on any atom is 0.0965 e. The molecule has 0 spiro atoms. The van der Waals surface area contributed by atoms with Crippen LogP contribution in [0.25, 0.3) is 32.9 Å². The summed E-state index contributed by atoms with van der Waals surface area (Å²) in [4.78, 5) is 13.2. The smallest absolute Gasteiger partial charge is 0.0965 e. The summed E-state index contributed by atoms with van der Waals surface area (Å²) in [5.41, 5.74) is 3.97. The summed E-state index contributed by atoms with van der Waals surface area (Å²) in [5, 5.41) is 2.31. The zero-order valence-electron chi connectivity index (χ0n) is 10.7. The summed E-state index contributed by atoms with van der Waals surface area (Å²) in [7, 11) is 0. The average Bonchev–Trinajstić information content (AvgIpc) is 2.54. The zero-order valence-corrected chi connectivity index (χ0v) is 10.7. The third kappa shape index (κ3) is 1.64. The van der Waals surface area contributed by atoms with Crippen LogP contribution < -0.4 is 0 Å². The first-order chi connectivity index (χ1) is 9.93. The molecule has 0 atom stereocenters.